The zero-order valence-electron chi connectivity index (χ0n) is 8.43. The fourth-order valence-corrected chi connectivity index (χ4v) is 1.87. The molecule has 3 aliphatic rings. The second-order valence-corrected chi connectivity index (χ2v) is 3.92. The number of fused-ring (bicyclic) bond motifs is 3. The van der Waals surface area contributed by atoms with Crippen LogP contribution in [0.2, 0.25) is 0 Å². The molecule has 0 atom stereocenters. The van der Waals surface area contributed by atoms with Gasteiger partial charge in [0, 0.05) is 0 Å². The van der Waals surface area contributed by atoms with E-state index in [4.69, 9.17) is 0 Å². The summed E-state index contributed by atoms with van der Waals surface area (Å²) in [7, 11) is 0. The quantitative estimate of drug-likeness (QED) is 0.498. The Balaban J connectivity index is 2.87. The standard InChI is InChI=1S/C6F12N2/c7-1(8)2(9,10)20-5(15,16)3(11,12)19(1)4(13,14)6(20,17)18. The monoisotopic (exact) mass is 328 g/mol. The third-order valence-corrected chi connectivity index (χ3v) is 2.77. The minimum Gasteiger partial charge on any atom is -0.179 e. The van der Waals surface area contributed by atoms with Crippen LogP contribution in [-0.2, 0) is 0 Å². The van der Waals surface area contributed by atoms with Crippen molar-refractivity contribution in [2.45, 2.75) is 36.3 Å². The highest BCUT2D eigenvalue weighted by Crippen LogP contribution is 2.69. The van der Waals surface area contributed by atoms with E-state index < -0.39 is 46.1 Å². The number of alkyl halides is 12. The molecule has 20 heavy (non-hydrogen) atoms. The average molecular weight is 328 g/mol. The molecular formula is C6F12N2. The summed E-state index contributed by atoms with van der Waals surface area (Å²) in [5, 5.41) is 0. The molecule has 0 spiro atoms. The summed E-state index contributed by atoms with van der Waals surface area (Å²) in [5.41, 5.74) is 0. The van der Waals surface area contributed by atoms with E-state index in [0.717, 1.165) is 0 Å². The molecule has 14 heteroatoms. The second kappa shape index (κ2) is 3.13. The normalized spacial score (nSPS) is 41.4. The predicted octanol–water partition coefficient (Wildman–Crippen LogP) is 3.17. The van der Waals surface area contributed by atoms with Crippen LogP contribution in [0.5, 0.6) is 0 Å². The molecule has 0 aromatic carbocycles. The van der Waals surface area contributed by atoms with Gasteiger partial charge < -0.3 is 0 Å². The lowest BCUT2D eigenvalue weighted by molar-refractivity contribution is -0.631. The molecular weight excluding hydrogens is 328 g/mol. The van der Waals surface area contributed by atoms with Gasteiger partial charge >= 0.3 is 36.3 Å². The lowest BCUT2D eigenvalue weighted by Gasteiger charge is -2.62. The Labute approximate surface area is 100 Å². The van der Waals surface area contributed by atoms with Crippen molar-refractivity contribution in [3.63, 3.8) is 0 Å². The summed E-state index contributed by atoms with van der Waals surface area (Å²) in [5.74, 6) is 0. The van der Waals surface area contributed by atoms with E-state index in [9.17, 15) is 52.7 Å². The lowest BCUT2D eigenvalue weighted by Crippen LogP contribution is -2.94. The molecule has 0 N–H and O–H groups in total. The molecule has 0 aromatic heterocycles. The van der Waals surface area contributed by atoms with Gasteiger partial charge in [-0.15, -0.1) is 9.80 Å². The largest absolute Gasteiger partial charge is 0.392 e. The van der Waals surface area contributed by atoms with Gasteiger partial charge in [-0.1, -0.05) is 0 Å². The SMILES string of the molecule is FC1(F)N2C(F)(F)C(F)(F)N(C1(F)F)C(F)(F)C2(F)F. The number of hydrogen-bond donors (Lipinski definition) is 0. The summed E-state index contributed by atoms with van der Waals surface area (Å²) in [4.78, 5) is -6.88. The maximum atomic E-state index is 12.9. The van der Waals surface area contributed by atoms with Crippen molar-refractivity contribution in [2.24, 2.45) is 0 Å². The van der Waals surface area contributed by atoms with Crippen LogP contribution in [-0.4, -0.2) is 46.1 Å². The number of rotatable bonds is 0. The molecule has 118 valence electrons. The zero-order valence-corrected chi connectivity index (χ0v) is 8.43. The smallest absolute Gasteiger partial charge is 0.179 e. The van der Waals surface area contributed by atoms with Crippen LogP contribution in [0.15, 0.2) is 0 Å². The van der Waals surface area contributed by atoms with Crippen molar-refractivity contribution in [3.05, 3.63) is 0 Å². The zero-order chi connectivity index (χ0) is 16.2. The highest BCUT2D eigenvalue weighted by Gasteiger charge is 3.00. The fraction of sp³-hybridized carbons (Fsp3) is 1.00. The van der Waals surface area contributed by atoms with Crippen LogP contribution < -0.4 is 0 Å². The molecule has 0 amide bonds. The van der Waals surface area contributed by atoms with Crippen LogP contribution in [0.25, 0.3) is 0 Å². The Morgan fingerprint density at radius 2 is 0.400 bits per heavy atom. The molecule has 0 unspecified atom stereocenters. The molecule has 3 heterocycles. The number of halogens is 12. The van der Waals surface area contributed by atoms with Crippen molar-refractivity contribution >= 4 is 0 Å². The first-order chi connectivity index (χ1) is 8.48. The molecule has 2 nitrogen and oxygen atoms in total. The minimum absolute atomic E-state index is 3.44. The molecule has 3 fully saturated rings. The Hall–Kier alpha value is -0.920. The van der Waals surface area contributed by atoms with Crippen LogP contribution in [0, 0.1) is 0 Å². The summed E-state index contributed by atoms with van der Waals surface area (Å²) in [6.07, 6.45) is 0. The summed E-state index contributed by atoms with van der Waals surface area (Å²) >= 11 is 0. The van der Waals surface area contributed by atoms with Crippen LogP contribution in [0.1, 0.15) is 0 Å². The first-order valence-electron chi connectivity index (χ1n) is 4.36. The fourth-order valence-electron chi connectivity index (χ4n) is 1.87. The lowest BCUT2D eigenvalue weighted by atomic mass is 10.0. The first kappa shape index (κ1) is 15.5. The Bertz CT molecular complexity index is 346. The van der Waals surface area contributed by atoms with Crippen molar-refractivity contribution < 1.29 is 52.7 Å². The van der Waals surface area contributed by atoms with Crippen molar-refractivity contribution in [1.29, 1.82) is 0 Å². The summed E-state index contributed by atoms with van der Waals surface area (Å²) in [6.45, 7) is 0. The Kier molecular flexibility index (Phi) is 2.42. The van der Waals surface area contributed by atoms with Gasteiger partial charge in [0.15, 0.2) is 0 Å². The molecule has 0 aliphatic carbocycles. The molecule has 0 aromatic rings. The summed E-state index contributed by atoms with van der Waals surface area (Å²) < 4.78 is 154. The van der Waals surface area contributed by atoms with Gasteiger partial charge in [0.1, 0.15) is 0 Å². The maximum absolute atomic E-state index is 12.9. The van der Waals surface area contributed by atoms with E-state index in [1.54, 1.807) is 0 Å². The van der Waals surface area contributed by atoms with Crippen molar-refractivity contribution in [2.75, 3.05) is 0 Å². The van der Waals surface area contributed by atoms with Crippen molar-refractivity contribution in [1.82, 2.24) is 9.80 Å². The summed E-state index contributed by atoms with van der Waals surface area (Å²) in [6, 6.07) is -40.0. The van der Waals surface area contributed by atoms with Crippen molar-refractivity contribution in [3.8, 4) is 0 Å². The number of piperazine rings is 3. The molecule has 3 aliphatic heterocycles. The second-order valence-electron chi connectivity index (χ2n) is 3.92. The molecule has 3 rings (SSSR count). The van der Waals surface area contributed by atoms with Gasteiger partial charge in [0.05, 0.1) is 0 Å². The Morgan fingerprint density at radius 3 is 0.500 bits per heavy atom. The predicted molar refractivity (Wildman–Crippen MR) is 33.4 cm³/mol. The molecule has 0 radical (unpaired) electrons. The molecule has 3 saturated heterocycles. The molecule has 2 bridgehead atoms. The minimum atomic E-state index is -6.66. The topological polar surface area (TPSA) is 6.48 Å². The van der Waals surface area contributed by atoms with Crippen LogP contribution >= 0.6 is 0 Å². The van der Waals surface area contributed by atoms with Gasteiger partial charge in [0.25, 0.3) is 0 Å². The average Bonchev–Trinajstić information content (AvgIpc) is 2.09. The first-order valence-corrected chi connectivity index (χ1v) is 4.36. The van der Waals surface area contributed by atoms with Crippen LogP contribution in [0.3, 0.4) is 0 Å². The van der Waals surface area contributed by atoms with E-state index >= 15 is 0 Å². The van der Waals surface area contributed by atoms with E-state index in [-0.39, 0.29) is 0 Å². The van der Waals surface area contributed by atoms with Gasteiger partial charge in [-0.05, 0) is 0 Å². The highest BCUT2D eigenvalue weighted by atomic mass is 19.4. The van der Waals surface area contributed by atoms with Gasteiger partial charge in [0.2, 0.25) is 0 Å². The van der Waals surface area contributed by atoms with E-state index in [1.165, 1.54) is 0 Å². The van der Waals surface area contributed by atoms with Gasteiger partial charge in [-0.3, -0.25) is 0 Å². The van der Waals surface area contributed by atoms with Gasteiger partial charge in [-0.2, -0.15) is 52.7 Å². The van der Waals surface area contributed by atoms with Crippen LogP contribution in [0.4, 0.5) is 52.7 Å². The van der Waals surface area contributed by atoms with E-state index in [1.807, 2.05) is 0 Å². The number of nitrogens with zero attached hydrogens (tertiary/aromatic N) is 2. The number of hydrogen-bond acceptors (Lipinski definition) is 2. The maximum Gasteiger partial charge on any atom is 0.392 e. The van der Waals surface area contributed by atoms with E-state index in [2.05, 4.69) is 0 Å². The molecule has 0 saturated carbocycles. The van der Waals surface area contributed by atoms with E-state index in [0.29, 0.717) is 0 Å². The highest BCUT2D eigenvalue weighted by molar-refractivity contribution is 5.15. The third-order valence-electron chi connectivity index (χ3n) is 2.77. The Morgan fingerprint density at radius 1 is 0.300 bits per heavy atom. The third kappa shape index (κ3) is 1.15. The van der Waals surface area contributed by atoms with Gasteiger partial charge in [-0.25, -0.2) is 0 Å².